The minimum absolute atomic E-state index is 0.536. The van der Waals surface area contributed by atoms with Crippen LogP contribution in [-0.2, 0) is 6.42 Å². The summed E-state index contributed by atoms with van der Waals surface area (Å²) < 4.78 is 0. The molecular formula is C17H23N. The van der Waals surface area contributed by atoms with Crippen molar-refractivity contribution in [3.8, 4) is 0 Å². The third kappa shape index (κ3) is 2.50. The summed E-state index contributed by atoms with van der Waals surface area (Å²) in [5.41, 5.74) is 5.44. The van der Waals surface area contributed by atoms with Gasteiger partial charge < -0.3 is 4.98 Å². The number of allylic oxidation sites excluding steroid dienone is 1. The number of aromatic amines is 1. The van der Waals surface area contributed by atoms with Crippen molar-refractivity contribution >= 4 is 10.9 Å². The van der Waals surface area contributed by atoms with E-state index in [-0.39, 0.29) is 0 Å². The van der Waals surface area contributed by atoms with Gasteiger partial charge in [-0.25, -0.2) is 0 Å². The van der Waals surface area contributed by atoms with E-state index in [0.717, 1.165) is 12.8 Å². The van der Waals surface area contributed by atoms with Crippen molar-refractivity contribution < 1.29 is 0 Å². The van der Waals surface area contributed by atoms with Gasteiger partial charge in [-0.3, -0.25) is 0 Å². The molecule has 0 spiro atoms. The second-order valence-corrected chi connectivity index (χ2v) is 5.40. The summed E-state index contributed by atoms with van der Waals surface area (Å²) in [5, 5.41) is 1.44. The number of aryl methyl sites for hydroxylation is 1. The van der Waals surface area contributed by atoms with Crippen molar-refractivity contribution in [1.29, 1.82) is 0 Å². The molecule has 1 atom stereocenters. The number of benzene rings is 1. The highest BCUT2D eigenvalue weighted by Crippen LogP contribution is 2.32. The van der Waals surface area contributed by atoms with E-state index in [2.05, 4.69) is 56.7 Å². The zero-order chi connectivity index (χ0) is 13.1. The normalized spacial score (nSPS) is 12.8. The molecule has 18 heavy (non-hydrogen) atoms. The average molecular weight is 241 g/mol. The Kier molecular flexibility index (Phi) is 3.90. The lowest BCUT2D eigenvalue weighted by atomic mass is 9.91. The zero-order valence-electron chi connectivity index (χ0n) is 11.7. The van der Waals surface area contributed by atoms with Gasteiger partial charge in [0.1, 0.15) is 0 Å². The first kappa shape index (κ1) is 12.9. The van der Waals surface area contributed by atoms with Gasteiger partial charge in [0.05, 0.1) is 0 Å². The first-order chi connectivity index (χ1) is 8.63. The Morgan fingerprint density at radius 1 is 1.39 bits per heavy atom. The van der Waals surface area contributed by atoms with Crippen molar-refractivity contribution in [2.24, 2.45) is 0 Å². The highest BCUT2D eigenvalue weighted by atomic mass is 14.7. The maximum Gasteiger partial charge on any atom is 0.0459 e. The average Bonchev–Trinajstić information content (AvgIpc) is 2.73. The van der Waals surface area contributed by atoms with Crippen LogP contribution in [-0.4, -0.2) is 4.98 Å². The second-order valence-electron chi connectivity index (χ2n) is 5.40. The van der Waals surface area contributed by atoms with Crippen LogP contribution in [0.1, 0.15) is 50.7 Å². The number of fused-ring (bicyclic) bond motifs is 1. The fourth-order valence-electron chi connectivity index (χ4n) is 2.79. The number of H-pyrrole nitrogens is 1. The summed E-state index contributed by atoms with van der Waals surface area (Å²) in [5.74, 6) is 0.536. The Bertz CT molecular complexity index is 548. The Balaban J connectivity index is 2.47. The molecule has 96 valence electrons. The SMILES string of the molecule is C=C(C)CC(C)c1c[nH]c2cccc(CCC)c12. The highest BCUT2D eigenvalue weighted by Gasteiger charge is 2.13. The fourth-order valence-corrected chi connectivity index (χ4v) is 2.79. The molecule has 0 amide bonds. The molecule has 1 nitrogen and oxygen atoms in total. The topological polar surface area (TPSA) is 15.8 Å². The summed E-state index contributed by atoms with van der Waals surface area (Å²) >= 11 is 0. The minimum Gasteiger partial charge on any atom is -0.361 e. The first-order valence-corrected chi connectivity index (χ1v) is 6.86. The summed E-state index contributed by atoms with van der Waals surface area (Å²) in [4.78, 5) is 3.41. The molecule has 0 bridgehead atoms. The van der Waals surface area contributed by atoms with Gasteiger partial charge in [-0.2, -0.15) is 0 Å². The lowest BCUT2D eigenvalue weighted by molar-refractivity contribution is 0.758. The summed E-state index contributed by atoms with van der Waals surface area (Å²) in [6, 6.07) is 6.58. The van der Waals surface area contributed by atoms with Gasteiger partial charge in [0.15, 0.2) is 0 Å². The maximum absolute atomic E-state index is 4.03. The molecule has 0 radical (unpaired) electrons. The molecule has 0 aliphatic heterocycles. The van der Waals surface area contributed by atoms with Crippen LogP contribution in [0.25, 0.3) is 10.9 Å². The van der Waals surface area contributed by atoms with Crippen molar-refractivity contribution in [2.45, 2.75) is 46.0 Å². The monoisotopic (exact) mass is 241 g/mol. The third-order valence-electron chi connectivity index (χ3n) is 3.53. The van der Waals surface area contributed by atoms with Gasteiger partial charge in [0.2, 0.25) is 0 Å². The molecule has 2 rings (SSSR count). The third-order valence-corrected chi connectivity index (χ3v) is 3.53. The number of hydrogen-bond donors (Lipinski definition) is 1. The van der Waals surface area contributed by atoms with Gasteiger partial charge in [0.25, 0.3) is 0 Å². The Morgan fingerprint density at radius 2 is 2.17 bits per heavy atom. The standard InChI is InChI=1S/C17H23N/c1-5-7-14-8-6-9-16-17(14)15(11-18-16)13(4)10-12(2)3/h6,8-9,11,13,18H,2,5,7,10H2,1,3-4H3. The van der Waals surface area contributed by atoms with E-state index in [4.69, 9.17) is 0 Å². The van der Waals surface area contributed by atoms with Crippen molar-refractivity contribution in [3.63, 3.8) is 0 Å². The van der Waals surface area contributed by atoms with E-state index < -0.39 is 0 Å². The number of hydrogen-bond acceptors (Lipinski definition) is 0. The van der Waals surface area contributed by atoms with Crippen LogP contribution < -0.4 is 0 Å². The molecule has 1 unspecified atom stereocenters. The van der Waals surface area contributed by atoms with Gasteiger partial charge >= 0.3 is 0 Å². The number of rotatable bonds is 5. The molecule has 1 aromatic carbocycles. The van der Waals surface area contributed by atoms with E-state index in [1.54, 1.807) is 0 Å². The predicted molar refractivity (Wildman–Crippen MR) is 80.1 cm³/mol. The molecule has 0 fully saturated rings. The van der Waals surface area contributed by atoms with Crippen molar-refractivity contribution in [3.05, 3.63) is 47.7 Å². The van der Waals surface area contributed by atoms with Gasteiger partial charge in [-0.15, -0.1) is 6.58 Å². The quantitative estimate of drug-likeness (QED) is 0.693. The first-order valence-electron chi connectivity index (χ1n) is 6.86. The number of nitrogens with one attached hydrogen (secondary N) is 1. The Labute approximate surface area is 110 Å². The van der Waals surface area contributed by atoms with Crippen LogP contribution in [0.5, 0.6) is 0 Å². The molecule has 0 saturated heterocycles. The largest absolute Gasteiger partial charge is 0.361 e. The van der Waals surface area contributed by atoms with Gasteiger partial charge in [-0.05, 0) is 42.9 Å². The van der Waals surface area contributed by atoms with Crippen molar-refractivity contribution in [2.75, 3.05) is 0 Å². The summed E-state index contributed by atoms with van der Waals surface area (Å²) in [6.45, 7) is 10.7. The van der Waals surface area contributed by atoms with Crippen molar-refractivity contribution in [1.82, 2.24) is 4.98 Å². The smallest absolute Gasteiger partial charge is 0.0459 e. The maximum atomic E-state index is 4.03. The molecule has 1 heteroatoms. The Hall–Kier alpha value is -1.50. The summed E-state index contributed by atoms with van der Waals surface area (Å²) in [6.07, 6.45) is 5.59. The molecule has 1 aromatic heterocycles. The van der Waals surface area contributed by atoms with Crippen LogP contribution in [0.4, 0.5) is 0 Å². The van der Waals surface area contributed by atoms with Crippen LogP contribution in [0, 0.1) is 0 Å². The molecular weight excluding hydrogens is 218 g/mol. The number of aromatic nitrogens is 1. The second kappa shape index (κ2) is 5.43. The van der Waals surface area contributed by atoms with E-state index in [0.29, 0.717) is 5.92 Å². The van der Waals surface area contributed by atoms with Crippen LogP contribution >= 0.6 is 0 Å². The van der Waals surface area contributed by atoms with E-state index in [9.17, 15) is 0 Å². The molecule has 0 aliphatic carbocycles. The van der Waals surface area contributed by atoms with Crippen LogP contribution in [0.3, 0.4) is 0 Å². The van der Waals surface area contributed by atoms with E-state index in [1.807, 2.05) is 0 Å². The summed E-state index contributed by atoms with van der Waals surface area (Å²) in [7, 11) is 0. The van der Waals surface area contributed by atoms with Crippen LogP contribution in [0.2, 0.25) is 0 Å². The lowest BCUT2D eigenvalue weighted by Crippen LogP contribution is -1.95. The Morgan fingerprint density at radius 3 is 2.83 bits per heavy atom. The molecule has 0 aliphatic rings. The molecule has 2 aromatic rings. The van der Waals surface area contributed by atoms with Gasteiger partial charge in [0, 0.05) is 17.1 Å². The highest BCUT2D eigenvalue weighted by molar-refractivity contribution is 5.87. The molecule has 1 N–H and O–H groups in total. The predicted octanol–water partition coefficient (Wildman–Crippen LogP) is 5.19. The van der Waals surface area contributed by atoms with E-state index >= 15 is 0 Å². The molecule has 0 saturated carbocycles. The lowest BCUT2D eigenvalue weighted by Gasteiger charge is -2.12. The minimum atomic E-state index is 0.536. The molecule has 1 heterocycles. The van der Waals surface area contributed by atoms with Crippen LogP contribution in [0.15, 0.2) is 36.5 Å². The fraction of sp³-hybridized carbons (Fsp3) is 0.412. The zero-order valence-corrected chi connectivity index (χ0v) is 11.7. The van der Waals surface area contributed by atoms with E-state index in [1.165, 1.54) is 34.0 Å². The van der Waals surface area contributed by atoms with Gasteiger partial charge in [-0.1, -0.05) is 38.0 Å².